The maximum Gasteiger partial charge on any atom is 0.258 e. The molecule has 5 heterocycles. The minimum atomic E-state index is -0.0914. The van der Waals surface area contributed by atoms with Crippen LogP contribution in [0.4, 0.5) is 0 Å². The van der Waals surface area contributed by atoms with Gasteiger partial charge in [0, 0.05) is 31.4 Å². The third-order valence-corrected chi connectivity index (χ3v) is 5.52. The first-order chi connectivity index (χ1) is 12.5. The van der Waals surface area contributed by atoms with Gasteiger partial charge < -0.3 is 14.3 Å². The summed E-state index contributed by atoms with van der Waals surface area (Å²) in [6, 6.07) is 1.92. The van der Waals surface area contributed by atoms with Crippen LogP contribution in [0.1, 0.15) is 47.9 Å². The average molecular weight is 356 g/mol. The van der Waals surface area contributed by atoms with E-state index in [4.69, 9.17) is 4.52 Å². The molecule has 0 aromatic carbocycles. The van der Waals surface area contributed by atoms with Crippen LogP contribution < -0.4 is 0 Å². The van der Waals surface area contributed by atoms with Gasteiger partial charge in [0.1, 0.15) is 0 Å². The van der Waals surface area contributed by atoms with Crippen molar-refractivity contribution in [2.24, 2.45) is 5.92 Å². The summed E-state index contributed by atoms with van der Waals surface area (Å²) in [5, 5.41) is 4.64. The summed E-state index contributed by atoms with van der Waals surface area (Å²) < 4.78 is 5.26. The van der Waals surface area contributed by atoms with E-state index in [1.54, 1.807) is 6.07 Å². The minimum Gasteiger partial charge on any atom is -0.338 e. The lowest BCUT2D eigenvalue weighted by molar-refractivity contribution is -0.139. The summed E-state index contributed by atoms with van der Waals surface area (Å²) in [4.78, 5) is 34.3. The molecule has 5 rings (SSSR count). The molecule has 3 aliphatic rings. The van der Waals surface area contributed by atoms with Gasteiger partial charge in [0.15, 0.2) is 0 Å². The van der Waals surface area contributed by atoms with Gasteiger partial charge in [-0.05, 0) is 39.2 Å². The number of fused-ring (bicyclic) bond motifs is 5. The number of nitrogens with zero attached hydrogens (tertiary/aromatic N) is 4. The van der Waals surface area contributed by atoms with Gasteiger partial charge in [-0.3, -0.25) is 9.59 Å². The molecule has 7 heteroatoms. The zero-order valence-corrected chi connectivity index (χ0v) is 15.5. The number of carbonyl (C=O) groups is 2. The van der Waals surface area contributed by atoms with E-state index in [1.807, 2.05) is 23.6 Å². The van der Waals surface area contributed by atoms with Crippen LogP contribution in [0.2, 0.25) is 0 Å². The molecule has 3 saturated heterocycles. The zero-order chi connectivity index (χ0) is 18.4. The minimum absolute atomic E-state index is 0.0603. The van der Waals surface area contributed by atoms with Crippen molar-refractivity contribution in [3.8, 4) is 0 Å². The predicted octanol–water partition coefficient (Wildman–Crippen LogP) is 2.31. The molecule has 0 N–H and O–H groups in total. The van der Waals surface area contributed by atoms with E-state index >= 15 is 0 Å². The number of aromatic nitrogens is 2. The van der Waals surface area contributed by atoms with Crippen molar-refractivity contribution < 1.29 is 14.1 Å². The quantitative estimate of drug-likeness (QED) is 0.843. The zero-order valence-electron chi connectivity index (χ0n) is 15.5. The summed E-state index contributed by atoms with van der Waals surface area (Å²) in [5.41, 5.74) is 2.35. The Labute approximate surface area is 152 Å². The van der Waals surface area contributed by atoms with E-state index in [9.17, 15) is 9.59 Å². The molecule has 2 atom stereocenters. The van der Waals surface area contributed by atoms with Crippen molar-refractivity contribution in [2.75, 3.05) is 19.6 Å². The van der Waals surface area contributed by atoms with E-state index in [1.165, 1.54) is 0 Å². The highest BCUT2D eigenvalue weighted by molar-refractivity contribution is 6.06. The lowest BCUT2D eigenvalue weighted by Gasteiger charge is -2.35. The summed E-state index contributed by atoms with van der Waals surface area (Å²) in [6.45, 7) is 7.59. The average Bonchev–Trinajstić information content (AvgIpc) is 2.81. The third kappa shape index (κ3) is 2.66. The van der Waals surface area contributed by atoms with Crippen LogP contribution in [0.5, 0.6) is 0 Å². The van der Waals surface area contributed by atoms with Crippen molar-refractivity contribution in [1.82, 2.24) is 19.9 Å². The largest absolute Gasteiger partial charge is 0.338 e. The van der Waals surface area contributed by atoms with Crippen molar-refractivity contribution >= 4 is 22.9 Å². The van der Waals surface area contributed by atoms with Gasteiger partial charge in [0.05, 0.1) is 22.6 Å². The van der Waals surface area contributed by atoms with Crippen LogP contribution in [0.15, 0.2) is 10.6 Å². The predicted molar refractivity (Wildman–Crippen MR) is 95.7 cm³/mol. The highest BCUT2D eigenvalue weighted by atomic mass is 16.5. The molecule has 2 aromatic rings. The molecule has 0 spiro atoms. The van der Waals surface area contributed by atoms with Crippen LogP contribution in [0.25, 0.3) is 11.1 Å². The van der Waals surface area contributed by atoms with Crippen LogP contribution >= 0.6 is 0 Å². The monoisotopic (exact) mass is 356 g/mol. The molecule has 0 aliphatic carbocycles. The van der Waals surface area contributed by atoms with Gasteiger partial charge in [-0.25, -0.2) is 4.98 Å². The van der Waals surface area contributed by atoms with E-state index in [2.05, 4.69) is 17.1 Å². The lowest BCUT2D eigenvalue weighted by atomic mass is 9.94. The molecule has 138 valence electrons. The van der Waals surface area contributed by atoms with Crippen LogP contribution in [-0.4, -0.2) is 57.4 Å². The Balaban J connectivity index is 1.70. The molecule has 3 fully saturated rings. The number of amides is 2. The Kier molecular flexibility index (Phi) is 4.17. The molecule has 0 unspecified atom stereocenters. The SMILES string of the molecule is CCCN1C(=O)[C@H]2CC[C@@H]1CN(C(=O)c1cc(C)nc3onc(C)c13)C2. The van der Waals surface area contributed by atoms with Gasteiger partial charge in [0.25, 0.3) is 11.6 Å². The summed E-state index contributed by atoms with van der Waals surface area (Å²) >= 11 is 0. The number of piperidine rings is 1. The van der Waals surface area contributed by atoms with Gasteiger partial charge in [0.2, 0.25) is 5.91 Å². The standard InChI is InChI=1S/C19H24N4O3/c1-4-7-23-14-6-5-13(18(23)24)9-22(10-14)19(25)15-8-11(2)20-17-16(15)12(3)21-26-17/h8,13-14H,4-7,9-10H2,1-3H3/t13-,14+/m0/s1. The molecule has 7 nitrogen and oxygen atoms in total. The molecular formula is C19H24N4O3. The fourth-order valence-corrected chi connectivity index (χ4v) is 4.30. The molecule has 2 aromatic heterocycles. The van der Waals surface area contributed by atoms with Gasteiger partial charge in [-0.1, -0.05) is 12.1 Å². The molecular weight excluding hydrogens is 332 g/mol. The van der Waals surface area contributed by atoms with Crippen molar-refractivity contribution in [3.63, 3.8) is 0 Å². The number of rotatable bonds is 3. The molecule has 2 amide bonds. The van der Waals surface area contributed by atoms with Crippen LogP contribution in [-0.2, 0) is 4.79 Å². The first-order valence-electron chi connectivity index (χ1n) is 9.33. The van der Waals surface area contributed by atoms with Crippen LogP contribution in [0, 0.1) is 19.8 Å². The Bertz CT molecular complexity index is 875. The first kappa shape index (κ1) is 17.0. The Morgan fingerprint density at radius 2 is 2.12 bits per heavy atom. The fourth-order valence-electron chi connectivity index (χ4n) is 4.30. The van der Waals surface area contributed by atoms with Gasteiger partial charge in [-0.2, -0.15) is 0 Å². The normalized spacial score (nSPS) is 23.0. The number of hydrogen-bond donors (Lipinski definition) is 0. The number of carbonyl (C=O) groups excluding carboxylic acids is 2. The van der Waals surface area contributed by atoms with Crippen molar-refractivity contribution in [2.45, 2.75) is 46.1 Å². The topological polar surface area (TPSA) is 79.5 Å². The Morgan fingerprint density at radius 3 is 2.88 bits per heavy atom. The number of aryl methyl sites for hydroxylation is 2. The summed E-state index contributed by atoms with van der Waals surface area (Å²) in [6.07, 6.45) is 2.77. The van der Waals surface area contributed by atoms with Gasteiger partial charge >= 0.3 is 0 Å². The van der Waals surface area contributed by atoms with Crippen molar-refractivity contribution in [1.29, 1.82) is 0 Å². The maximum atomic E-state index is 13.4. The number of pyridine rings is 1. The smallest absolute Gasteiger partial charge is 0.258 e. The van der Waals surface area contributed by atoms with E-state index in [0.29, 0.717) is 35.4 Å². The van der Waals surface area contributed by atoms with E-state index in [0.717, 1.165) is 31.5 Å². The Morgan fingerprint density at radius 1 is 1.31 bits per heavy atom. The molecule has 3 aliphatic heterocycles. The summed E-state index contributed by atoms with van der Waals surface area (Å²) in [7, 11) is 0. The second-order valence-corrected chi connectivity index (χ2v) is 7.43. The molecule has 26 heavy (non-hydrogen) atoms. The number of hydrogen-bond acceptors (Lipinski definition) is 5. The fraction of sp³-hybridized carbons (Fsp3) is 0.579. The highest BCUT2D eigenvalue weighted by Gasteiger charge is 2.41. The second kappa shape index (κ2) is 6.37. The second-order valence-electron chi connectivity index (χ2n) is 7.43. The van der Waals surface area contributed by atoms with E-state index in [-0.39, 0.29) is 23.8 Å². The van der Waals surface area contributed by atoms with E-state index < -0.39 is 0 Å². The van der Waals surface area contributed by atoms with Crippen LogP contribution in [0.3, 0.4) is 0 Å². The first-order valence-corrected chi connectivity index (χ1v) is 9.33. The third-order valence-electron chi connectivity index (χ3n) is 5.52. The molecule has 0 radical (unpaired) electrons. The molecule has 2 bridgehead atoms. The maximum absolute atomic E-state index is 13.4. The molecule has 0 saturated carbocycles. The summed E-state index contributed by atoms with van der Waals surface area (Å²) in [5.74, 6) is 0.0525. The van der Waals surface area contributed by atoms with Gasteiger partial charge in [-0.15, -0.1) is 0 Å². The Hall–Kier alpha value is -2.44. The lowest BCUT2D eigenvalue weighted by Crippen LogP contribution is -2.48. The van der Waals surface area contributed by atoms with Crippen molar-refractivity contribution in [3.05, 3.63) is 23.0 Å². The highest BCUT2D eigenvalue weighted by Crippen LogP contribution is 2.31.